The van der Waals surface area contributed by atoms with Gasteiger partial charge in [-0.2, -0.15) is 10.2 Å². The van der Waals surface area contributed by atoms with E-state index in [0.29, 0.717) is 12.5 Å². The fourth-order valence-electron chi connectivity index (χ4n) is 4.80. The van der Waals surface area contributed by atoms with Gasteiger partial charge in [0, 0.05) is 30.9 Å². The minimum Gasteiger partial charge on any atom is -0.340 e. The minimum atomic E-state index is -0.629. The first kappa shape index (κ1) is 22.2. The Hall–Kier alpha value is -2.96. The van der Waals surface area contributed by atoms with Crippen LogP contribution in [0.15, 0.2) is 42.7 Å². The zero-order valence-electron chi connectivity index (χ0n) is 19.0. The zero-order valence-corrected chi connectivity index (χ0v) is 19.0. The van der Waals surface area contributed by atoms with Crippen LogP contribution in [-0.4, -0.2) is 33.3 Å². The summed E-state index contributed by atoms with van der Waals surface area (Å²) in [4.78, 5) is 11.1. The maximum absolute atomic E-state index is 14.4. The molecule has 32 heavy (non-hydrogen) atoms. The zero-order chi connectivity index (χ0) is 22.9. The monoisotopic (exact) mass is 437 g/mol. The quantitative estimate of drug-likeness (QED) is 0.508. The number of hydrogen-bond donors (Lipinski definition) is 0. The Bertz CT molecular complexity index is 1070. The molecule has 0 saturated heterocycles. The molecule has 3 aromatic rings. The molecule has 0 fully saturated rings. The van der Waals surface area contributed by atoms with Gasteiger partial charge in [-0.05, 0) is 61.4 Å². The fraction of sp³-hybridized carbons (Fsp3) is 0.440. The minimum absolute atomic E-state index is 0.122. The van der Waals surface area contributed by atoms with Crippen LogP contribution in [0.1, 0.15) is 57.7 Å². The Labute approximate surface area is 187 Å². The Kier molecular flexibility index (Phi) is 6.17. The van der Waals surface area contributed by atoms with Gasteiger partial charge in [0.2, 0.25) is 5.95 Å². The van der Waals surface area contributed by atoms with Gasteiger partial charge in [-0.3, -0.25) is 0 Å². The van der Waals surface area contributed by atoms with E-state index in [1.165, 1.54) is 18.2 Å². The van der Waals surface area contributed by atoms with Crippen molar-refractivity contribution in [2.24, 2.45) is 5.92 Å². The summed E-state index contributed by atoms with van der Waals surface area (Å²) in [6.45, 7) is 10.1. The van der Waals surface area contributed by atoms with E-state index < -0.39 is 11.6 Å². The van der Waals surface area contributed by atoms with Crippen LogP contribution in [0, 0.1) is 17.6 Å². The topological polar surface area (TPSA) is 54.8 Å². The van der Waals surface area contributed by atoms with Crippen LogP contribution in [0.4, 0.5) is 14.7 Å². The third-order valence-corrected chi connectivity index (χ3v) is 6.86. The highest BCUT2D eigenvalue weighted by Crippen LogP contribution is 2.47. The van der Waals surface area contributed by atoms with Crippen molar-refractivity contribution < 1.29 is 8.78 Å². The van der Waals surface area contributed by atoms with Crippen molar-refractivity contribution in [2.45, 2.75) is 51.9 Å². The molecule has 1 aromatic carbocycles. The summed E-state index contributed by atoms with van der Waals surface area (Å²) in [6, 6.07) is 7.50. The molecule has 0 spiro atoms. The van der Waals surface area contributed by atoms with Gasteiger partial charge < -0.3 is 4.90 Å². The van der Waals surface area contributed by atoms with E-state index >= 15 is 0 Å². The molecular formula is C25H29F2N5. The van der Waals surface area contributed by atoms with Crippen molar-refractivity contribution in [1.29, 1.82) is 0 Å². The van der Waals surface area contributed by atoms with E-state index in [4.69, 9.17) is 0 Å². The van der Waals surface area contributed by atoms with Gasteiger partial charge in [0.25, 0.3) is 0 Å². The molecule has 2 aromatic heterocycles. The third kappa shape index (κ3) is 3.85. The molecule has 0 aliphatic heterocycles. The first-order chi connectivity index (χ1) is 15.4. The average molecular weight is 438 g/mol. The average Bonchev–Trinajstić information content (AvgIpc) is 2.79. The molecule has 0 N–H and O–H groups in total. The second kappa shape index (κ2) is 8.88. The number of fused-ring (bicyclic) bond motifs is 1. The maximum Gasteiger partial charge on any atom is 0.225 e. The summed E-state index contributed by atoms with van der Waals surface area (Å²) in [5.74, 6) is -0.0680. The van der Waals surface area contributed by atoms with Crippen LogP contribution in [0.2, 0.25) is 0 Å². The molecule has 2 heterocycles. The van der Waals surface area contributed by atoms with Crippen LogP contribution in [0.25, 0.3) is 11.3 Å². The molecule has 5 nitrogen and oxygen atoms in total. The second-order valence-corrected chi connectivity index (χ2v) is 8.94. The Morgan fingerprint density at radius 3 is 2.41 bits per heavy atom. The number of rotatable bonds is 6. The largest absolute Gasteiger partial charge is 0.340 e. The highest BCUT2D eigenvalue weighted by atomic mass is 19.1. The normalized spacial score (nSPS) is 20.3. The fourth-order valence-corrected chi connectivity index (χ4v) is 4.80. The molecular weight excluding hydrogens is 408 g/mol. The Balaban J connectivity index is 1.81. The number of likely N-dealkylation sites (N-methyl/N-ethyl adjacent to an activating group) is 1. The van der Waals surface area contributed by atoms with Gasteiger partial charge in [0.05, 0.1) is 17.0 Å². The molecule has 0 saturated carbocycles. The lowest BCUT2D eigenvalue weighted by Crippen LogP contribution is -2.48. The summed E-state index contributed by atoms with van der Waals surface area (Å²) >= 11 is 0. The first-order valence-electron chi connectivity index (χ1n) is 11.2. The van der Waals surface area contributed by atoms with Gasteiger partial charge in [0.1, 0.15) is 11.6 Å². The maximum atomic E-state index is 14.4. The van der Waals surface area contributed by atoms with Crippen molar-refractivity contribution in [3.63, 3.8) is 0 Å². The van der Waals surface area contributed by atoms with E-state index in [-0.39, 0.29) is 28.5 Å². The van der Waals surface area contributed by atoms with Crippen molar-refractivity contribution in [3.8, 4) is 11.3 Å². The molecule has 168 valence electrons. The molecule has 0 amide bonds. The molecule has 2 unspecified atom stereocenters. The van der Waals surface area contributed by atoms with Crippen LogP contribution < -0.4 is 4.90 Å². The van der Waals surface area contributed by atoms with Crippen LogP contribution in [0.5, 0.6) is 0 Å². The van der Waals surface area contributed by atoms with Gasteiger partial charge in [0.15, 0.2) is 0 Å². The second-order valence-electron chi connectivity index (χ2n) is 8.94. The molecule has 4 rings (SSSR count). The van der Waals surface area contributed by atoms with Crippen LogP contribution >= 0.6 is 0 Å². The standard InChI is InChI=1S/C25H29F2N5/c1-5-32(24-28-12-7-13-29-24)15-25(16(2)3)11-10-17(4)18-14-21(30-31-23(18)25)22-19(26)8-6-9-20(22)27/h6-9,12-14,16-17H,5,10-11,15H2,1-4H3. The molecule has 0 bridgehead atoms. The first-order valence-corrected chi connectivity index (χ1v) is 11.2. The highest BCUT2D eigenvalue weighted by molar-refractivity contribution is 5.62. The number of benzene rings is 1. The molecule has 2 atom stereocenters. The van der Waals surface area contributed by atoms with Crippen molar-refractivity contribution in [3.05, 3.63) is 65.6 Å². The summed E-state index contributed by atoms with van der Waals surface area (Å²) < 4.78 is 28.8. The van der Waals surface area contributed by atoms with Gasteiger partial charge in [-0.15, -0.1) is 0 Å². The predicted octanol–water partition coefficient (Wildman–Crippen LogP) is 5.53. The van der Waals surface area contributed by atoms with Gasteiger partial charge in [-0.1, -0.05) is 26.8 Å². The lowest BCUT2D eigenvalue weighted by Gasteiger charge is -2.45. The summed E-state index contributed by atoms with van der Waals surface area (Å²) in [7, 11) is 0. The van der Waals surface area contributed by atoms with Crippen LogP contribution in [0.3, 0.4) is 0 Å². The van der Waals surface area contributed by atoms with E-state index in [1.54, 1.807) is 12.4 Å². The Morgan fingerprint density at radius 1 is 1.09 bits per heavy atom. The summed E-state index contributed by atoms with van der Waals surface area (Å²) in [5.41, 5.74) is 1.79. The lowest BCUT2D eigenvalue weighted by atomic mass is 9.63. The SMILES string of the molecule is CCN(CC1(C(C)C)CCC(C)c2cc(-c3c(F)cccc3F)nnc21)c1ncccn1. The number of aromatic nitrogens is 4. The molecule has 0 radical (unpaired) electrons. The summed E-state index contributed by atoms with van der Waals surface area (Å²) in [6.07, 6.45) is 5.41. The van der Waals surface area contributed by atoms with Gasteiger partial charge in [-0.25, -0.2) is 18.7 Å². The number of nitrogens with zero attached hydrogens (tertiary/aromatic N) is 5. The van der Waals surface area contributed by atoms with E-state index in [9.17, 15) is 8.78 Å². The Morgan fingerprint density at radius 2 is 1.78 bits per heavy atom. The van der Waals surface area contributed by atoms with E-state index in [1.807, 2.05) is 12.1 Å². The van der Waals surface area contributed by atoms with E-state index in [2.05, 4.69) is 52.8 Å². The third-order valence-electron chi connectivity index (χ3n) is 6.86. The molecule has 1 aliphatic rings. The number of hydrogen-bond acceptors (Lipinski definition) is 5. The lowest BCUT2D eigenvalue weighted by molar-refractivity contribution is 0.243. The number of anilines is 1. The summed E-state index contributed by atoms with van der Waals surface area (Å²) in [5, 5.41) is 8.96. The number of halogens is 2. The van der Waals surface area contributed by atoms with Crippen molar-refractivity contribution in [2.75, 3.05) is 18.0 Å². The molecule has 7 heteroatoms. The smallest absolute Gasteiger partial charge is 0.225 e. The van der Waals surface area contributed by atoms with Crippen molar-refractivity contribution in [1.82, 2.24) is 20.2 Å². The van der Waals surface area contributed by atoms with E-state index in [0.717, 1.165) is 30.6 Å². The van der Waals surface area contributed by atoms with Crippen molar-refractivity contribution >= 4 is 5.95 Å². The van der Waals surface area contributed by atoms with Crippen LogP contribution in [-0.2, 0) is 5.41 Å². The molecule has 1 aliphatic carbocycles. The predicted molar refractivity (Wildman–Crippen MR) is 121 cm³/mol. The van der Waals surface area contributed by atoms with Gasteiger partial charge >= 0.3 is 0 Å². The highest BCUT2D eigenvalue weighted by Gasteiger charge is 2.45.